The smallest absolute Gasteiger partial charge is 0.260 e. The number of rotatable bonds is 7. The van der Waals surface area contributed by atoms with E-state index in [0.29, 0.717) is 17.2 Å². The zero-order valence-electron chi connectivity index (χ0n) is 16.5. The van der Waals surface area contributed by atoms with E-state index in [-0.39, 0.29) is 5.91 Å². The highest BCUT2D eigenvalue weighted by atomic mass is 32.1. The molecule has 1 amide bonds. The third kappa shape index (κ3) is 4.90. The minimum Gasteiger partial charge on any atom is -0.379 e. The molecule has 2 aromatic heterocycles. The maximum absolute atomic E-state index is 12.8. The number of amides is 1. The van der Waals surface area contributed by atoms with E-state index in [2.05, 4.69) is 32.4 Å². The molecule has 3 heterocycles. The molecule has 0 spiro atoms. The van der Waals surface area contributed by atoms with Gasteiger partial charge in [-0.2, -0.15) is 5.10 Å². The summed E-state index contributed by atoms with van der Waals surface area (Å²) in [7, 11) is 0. The Hall–Kier alpha value is -2.55. The lowest BCUT2D eigenvalue weighted by Gasteiger charge is -2.25. The molecule has 1 aromatic carbocycles. The number of hydrogen-bond donors (Lipinski definition) is 1. The van der Waals surface area contributed by atoms with E-state index in [1.165, 1.54) is 11.3 Å². The van der Waals surface area contributed by atoms with Gasteiger partial charge in [0.25, 0.3) is 5.91 Å². The summed E-state index contributed by atoms with van der Waals surface area (Å²) in [5.41, 5.74) is 3.66. The maximum atomic E-state index is 12.8. The van der Waals surface area contributed by atoms with Crippen LogP contribution in [0.4, 0.5) is 5.13 Å². The van der Waals surface area contributed by atoms with Crippen molar-refractivity contribution in [2.75, 3.05) is 31.6 Å². The number of carbonyl (C=O) groups is 1. The van der Waals surface area contributed by atoms with Crippen molar-refractivity contribution in [1.82, 2.24) is 19.7 Å². The van der Waals surface area contributed by atoms with Crippen molar-refractivity contribution in [3.8, 4) is 0 Å². The maximum Gasteiger partial charge on any atom is 0.260 e. The molecular weight excluding hydrogens is 386 g/mol. The molecule has 0 atom stereocenters. The highest BCUT2D eigenvalue weighted by Crippen LogP contribution is 2.20. The van der Waals surface area contributed by atoms with E-state index in [0.717, 1.165) is 56.2 Å². The van der Waals surface area contributed by atoms with Gasteiger partial charge in [-0.05, 0) is 12.0 Å². The first-order valence-electron chi connectivity index (χ1n) is 9.87. The Kier molecular flexibility index (Phi) is 6.33. The Bertz CT molecular complexity index is 947. The summed E-state index contributed by atoms with van der Waals surface area (Å²) in [5.74, 6) is -0.159. The lowest BCUT2D eigenvalue weighted by atomic mass is 10.2. The normalized spacial score (nSPS) is 14.8. The fraction of sp³-hybridized carbons (Fsp3) is 0.381. The zero-order chi connectivity index (χ0) is 20.1. The molecule has 1 saturated heterocycles. The number of benzene rings is 1. The summed E-state index contributed by atoms with van der Waals surface area (Å²) in [6, 6.07) is 10.1. The number of ether oxygens (including phenoxy) is 1. The summed E-state index contributed by atoms with van der Waals surface area (Å²) in [6.07, 6.45) is 2.38. The zero-order valence-corrected chi connectivity index (χ0v) is 17.3. The molecule has 1 aliphatic heterocycles. The van der Waals surface area contributed by atoms with E-state index in [1.807, 2.05) is 35.2 Å². The van der Waals surface area contributed by atoms with Gasteiger partial charge < -0.3 is 4.74 Å². The molecule has 1 aliphatic rings. The van der Waals surface area contributed by atoms with Gasteiger partial charge in [-0.1, -0.05) is 37.3 Å². The Morgan fingerprint density at radius 2 is 2.00 bits per heavy atom. The lowest BCUT2D eigenvalue weighted by Crippen LogP contribution is -2.35. The number of aromatic nitrogens is 3. The molecule has 0 aliphatic carbocycles. The highest BCUT2D eigenvalue weighted by molar-refractivity contribution is 7.14. The number of thiazole rings is 1. The molecule has 152 valence electrons. The molecule has 4 rings (SSSR count). The van der Waals surface area contributed by atoms with Crippen molar-refractivity contribution in [3.63, 3.8) is 0 Å². The fourth-order valence-corrected chi connectivity index (χ4v) is 4.15. The van der Waals surface area contributed by atoms with Crippen molar-refractivity contribution in [3.05, 3.63) is 64.4 Å². The third-order valence-corrected chi connectivity index (χ3v) is 5.77. The third-order valence-electron chi connectivity index (χ3n) is 4.96. The summed E-state index contributed by atoms with van der Waals surface area (Å²) >= 11 is 1.46. The monoisotopic (exact) mass is 411 g/mol. The van der Waals surface area contributed by atoms with Crippen LogP contribution < -0.4 is 5.32 Å². The first-order valence-corrected chi connectivity index (χ1v) is 10.8. The van der Waals surface area contributed by atoms with Gasteiger partial charge in [-0.3, -0.25) is 19.7 Å². The van der Waals surface area contributed by atoms with Gasteiger partial charge in [0.05, 0.1) is 42.9 Å². The SMILES string of the molecule is CCc1c(C(=O)Nc2nc(CN3CCOCC3)cs2)cnn1Cc1ccccc1. The predicted octanol–water partition coefficient (Wildman–Crippen LogP) is 3.03. The summed E-state index contributed by atoms with van der Waals surface area (Å²) in [5, 5.41) is 10.0. The fourth-order valence-electron chi connectivity index (χ4n) is 3.46. The summed E-state index contributed by atoms with van der Waals surface area (Å²) in [6.45, 7) is 6.84. The predicted molar refractivity (Wildman–Crippen MR) is 113 cm³/mol. The Balaban J connectivity index is 1.42. The van der Waals surface area contributed by atoms with Gasteiger partial charge in [-0.15, -0.1) is 11.3 Å². The molecule has 3 aromatic rings. The second-order valence-corrected chi connectivity index (χ2v) is 7.85. The second kappa shape index (κ2) is 9.30. The summed E-state index contributed by atoms with van der Waals surface area (Å²) in [4.78, 5) is 19.7. The van der Waals surface area contributed by atoms with Gasteiger partial charge in [0, 0.05) is 25.0 Å². The van der Waals surface area contributed by atoms with Crippen molar-refractivity contribution >= 4 is 22.4 Å². The topological polar surface area (TPSA) is 72.3 Å². The molecule has 0 bridgehead atoms. The average molecular weight is 412 g/mol. The van der Waals surface area contributed by atoms with Crippen molar-refractivity contribution in [2.24, 2.45) is 0 Å². The highest BCUT2D eigenvalue weighted by Gasteiger charge is 2.18. The number of carbonyl (C=O) groups excluding carboxylic acids is 1. The van der Waals surface area contributed by atoms with Gasteiger partial charge in [0.15, 0.2) is 5.13 Å². The van der Waals surface area contributed by atoms with Crippen molar-refractivity contribution < 1.29 is 9.53 Å². The number of nitrogens with one attached hydrogen (secondary N) is 1. The van der Waals surface area contributed by atoms with E-state index in [9.17, 15) is 4.79 Å². The van der Waals surface area contributed by atoms with Crippen LogP contribution >= 0.6 is 11.3 Å². The number of anilines is 1. The Morgan fingerprint density at radius 1 is 1.21 bits per heavy atom. The molecule has 0 saturated carbocycles. The van der Waals surface area contributed by atoms with Crippen LogP contribution in [0.5, 0.6) is 0 Å². The second-order valence-electron chi connectivity index (χ2n) is 6.99. The van der Waals surface area contributed by atoms with Gasteiger partial charge in [0.1, 0.15) is 0 Å². The molecule has 0 unspecified atom stereocenters. The van der Waals surface area contributed by atoms with Crippen LogP contribution in [-0.2, 0) is 24.2 Å². The molecule has 29 heavy (non-hydrogen) atoms. The van der Waals surface area contributed by atoms with Crippen LogP contribution in [0.1, 0.15) is 34.2 Å². The van der Waals surface area contributed by atoms with Crippen LogP contribution in [0.15, 0.2) is 41.9 Å². The standard InChI is InChI=1S/C21H25N5O2S/c1-2-19-18(12-22-26(19)13-16-6-4-3-5-7-16)20(27)24-21-23-17(15-29-21)14-25-8-10-28-11-9-25/h3-7,12,15H,2,8-11,13-14H2,1H3,(H,23,24,27). The van der Waals surface area contributed by atoms with Crippen LogP contribution in [0, 0.1) is 0 Å². The first kappa shape index (κ1) is 19.8. The molecule has 7 nitrogen and oxygen atoms in total. The van der Waals surface area contributed by atoms with E-state index < -0.39 is 0 Å². The molecule has 1 fully saturated rings. The van der Waals surface area contributed by atoms with Crippen LogP contribution in [0.2, 0.25) is 0 Å². The lowest BCUT2D eigenvalue weighted by molar-refractivity contribution is 0.0337. The van der Waals surface area contributed by atoms with Crippen molar-refractivity contribution in [1.29, 1.82) is 0 Å². The van der Waals surface area contributed by atoms with E-state index in [1.54, 1.807) is 6.20 Å². The number of nitrogens with zero attached hydrogens (tertiary/aromatic N) is 4. The molecule has 1 N–H and O–H groups in total. The average Bonchev–Trinajstić information content (AvgIpc) is 3.36. The largest absolute Gasteiger partial charge is 0.379 e. The minimum atomic E-state index is -0.159. The Morgan fingerprint density at radius 3 is 2.76 bits per heavy atom. The van der Waals surface area contributed by atoms with Crippen LogP contribution in [0.3, 0.4) is 0 Å². The minimum absolute atomic E-state index is 0.159. The molecular formula is C21H25N5O2S. The molecule has 8 heteroatoms. The quantitative estimate of drug-likeness (QED) is 0.647. The van der Waals surface area contributed by atoms with Gasteiger partial charge in [0.2, 0.25) is 0 Å². The number of hydrogen-bond acceptors (Lipinski definition) is 6. The first-order chi connectivity index (χ1) is 14.2. The van der Waals surface area contributed by atoms with Crippen molar-refractivity contribution in [2.45, 2.75) is 26.4 Å². The van der Waals surface area contributed by atoms with Crippen LogP contribution in [-0.4, -0.2) is 51.9 Å². The summed E-state index contributed by atoms with van der Waals surface area (Å²) < 4.78 is 7.28. The Labute approximate surface area is 174 Å². The number of morpholine rings is 1. The van der Waals surface area contributed by atoms with E-state index in [4.69, 9.17) is 4.74 Å². The molecule has 0 radical (unpaired) electrons. The van der Waals surface area contributed by atoms with Crippen LogP contribution in [0.25, 0.3) is 0 Å². The van der Waals surface area contributed by atoms with E-state index >= 15 is 0 Å². The van der Waals surface area contributed by atoms with Gasteiger partial charge in [-0.25, -0.2) is 4.98 Å². The van der Waals surface area contributed by atoms with Gasteiger partial charge >= 0.3 is 0 Å².